The van der Waals surface area contributed by atoms with Gasteiger partial charge in [0.1, 0.15) is 5.75 Å². The summed E-state index contributed by atoms with van der Waals surface area (Å²) in [6.07, 6.45) is 3.74. The Hall–Kier alpha value is -0.580. The van der Waals surface area contributed by atoms with Gasteiger partial charge in [-0.15, -0.1) is 0 Å². The highest BCUT2D eigenvalue weighted by atomic mass is 79.9. The second kappa shape index (κ2) is 5.59. The smallest absolute Gasteiger partial charge is 0.120 e. The average Bonchev–Trinajstić information content (AvgIpc) is 2.32. The molecule has 1 aromatic carbocycles. The van der Waals surface area contributed by atoms with Crippen molar-refractivity contribution in [2.24, 2.45) is 0 Å². The van der Waals surface area contributed by atoms with E-state index < -0.39 is 5.60 Å². The third-order valence-electron chi connectivity index (χ3n) is 3.74. The maximum atomic E-state index is 10.1. The van der Waals surface area contributed by atoms with Crippen molar-refractivity contribution in [3.8, 4) is 5.75 Å². The van der Waals surface area contributed by atoms with Gasteiger partial charge < -0.3 is 15.5 Å². The van der Waals surface area contributed by atoms with Crippen LogP contribution in [0.1, 0.15) is 44.2 Å². The van der Waals surface area contributed by atoms with E-state index in [1.54, 1.807) is 6.07 Å². The van der Waals surface area contributed by atoms with Crippen molar-refractivity contribution in [2.75, 3.05) is 6.54 Å². The first kappa shape index (κ1) is 13.8. The normalized spacial score (nSPS) is 19.3. The molecule has 2 rings (SSSR count). The molecule has 1 unspecified atom stereocenters. The zero-order valence-electron chi connectivity index (χ0n) is 10.6. The standard InChI is InChI=1S/C14H20BrNO2/c1-2-12(16-9-14(18)6-3-7-14)11-8-10(15)4-5-13(11)17/h4-5,8,12,16-18H,2-3,6-7,9H2,1H3. The number of rotatable bonds is 5. The van der Waals surface area contributed by atoms with Crippen LogP contribution < -0.4 is 5.32 Å². The van der Waals surface area contributed by atoms with Crippen LogP contribution in [0.25, 0.3) is 0 Å². The summed E-state index contributed by atoms with van der Waals surface area (Å²) in [5.74, 6) is 0.304. The lowest BCUT2D eigenvalue weighted by atomic mass is 9.80. The highest BCUT2D eigenvalue weighted by Gasteiger charge is 2.34. The Morgan fingerprint density at radius 3 is 2.72 bits per heavy atom. The molecule has 0 spiro atoms. The number of hydrogen-bond donors (Lipinski definition) is 3. The van der Waals surface area contributed by atoms with Gasteiger partial charge >= 0.3 is 0 Å². The highest BCUT2D eigenvalue weighted by molar-refractivity contribution is 9.10. The maximum Gasteiger partial charge on any atom is 0.120 e. The van der Waals surface area contributed by atoms with E-state index in [0.29, 0.717) is 12.3 Å². The zero-order chi connectivity index (χ0) is 13.2. The van der Waals surface area contributed by atoms with Gasteiger partial charge in [-0.3, -0.25) is 0 Å². The third kappa shape index (κ3) is 3.05. The topological polar surface area (TPSA) is 52.5 Å². The molecule has 100 valence electrons. The minimum Gasteiger partial charge on any atom is -0.508 e. The fourth-order valence-corrected chi connectivity index (χ4v) is 2.73. The van der Waals surface area contributed by atoms with Crippen LogP contribution in [0.4, 0.5) is 0 Å². The van der Waals surface area contributed by atoms with E-state index >= 15 is 0 Å². The van der Waals surface area contributed by atoms with Gasteiger partial charge in [0, 0.05) is 22.6 Å². The molecule has 1 aromatic rings. The average molecular weight is 314 g/mol. The Labute approximate surface area is 116 Å². The van der Waals surface area contributed by atoms with E-state index in [1.807, 2.05) is 12.1 Å². The summed E-state index contributed by atoms with van der Waals surface area (Å²) in [7, 11) is 0. The van der Waals surface area contributed by atoms with Gasteiger partial charge in [0.25, 0.3) is 0 Å². The Bertz CT molecular complexity index is 418. The summed E-state index contributed by atoms with van der Waals surface area (Å²) < 4.78 is 0.956. The molecule has 0 aromatic heterocycles. The molecule has 1 saturated carbocycles. The molecule has 0 heterocycles. The predicted octanol–water partition coefficient (Wildman–Crippen LogP) is 3.11. The van der Waals surface area contributed by atoms with Gasteiger partial charge in [-0.2, -0.15) is 0 Å². The Kier molecular flexibility index (Phi) is 4.30. The molecule has 0 aliphatic heterocycles. The van der Waals surface area contributed by atoms with Gasteiger partial charge in [0.15, 0.2) is 0 Å². The van der Waals surface area contributed by atoms with Crippen LogP contribution >= 0.6 is 15.9 Å². The summed E-state index contributed by atoms with van der Waals surface area (Å²) in [6.45, 7) is 2.67. The molecule has 0 amide bonds. The molecular formula is C14H20BrNO2. The number of halogens is 1. The van der Waals surface area contributed by atoms with Crippen LogP contribution in [0, 0.1) is 0 Å². The molecule has 4 heteroatoms. The number of phenols is 1. The lowest BCUT2D eigenvalue weighted by Crippen LogP contribution is -2.47. The lowest BCUT2D eigenvalue weighted by Gasteiger charge is -2.38. The van der Waals surface area contributed by atoms with Crippen LogP contribution in [0.15, 0.2) is 22.7 Å². The first-order valence-corrected chi connectivity index (χ1v) is 7.27. The van der Waals surface area contributed by atoms with Gasteiger partial charge in [0.05, 0.1) is 5.60 Å². The van der Waals surface area contributed by atoms with Crippen molar-refractivity contribution in [3.05, 3.63) is 28.2 Å². The summed E-state index contributed by atoms with van der Waals surface area (Å²) in [4.78, 5) is 0. The number of phenolic OH excluding ortho intramolecular Hbond substituents is 1. The van der Waals surface area contributed by atoms with Crippen LogP contribution in [0.5, 0.6) is 5.75 Å². The second-order valence-electron chi connectivity index (χ2n) is 5.12. The van der Waals surface area contributed by atoms with E-state index in [2.05, 4.69) is 28.2 Å². The van der Waals surface area contributed by atoms with Crippen molar-refractivity contribution >= 4 is 15.9 Å². The maximum absolute atomic E-state index is 10.1. The Morgan fingerprint density at radius 1 is 1.44 bits per heavy atom. The summed E-state index contributed by atoms with van der Waals surface area (Å²) in [5, 5.41) is 23.4. The molecular weight excluding hydrogens is 294 g/mol. The van der Waals surface area contributed by atoms with Crippen LogP contribution in [0.2, 0.25) is 0 Å². The molecule has 0 saturated heterocycles. The SMILES string of the molecule is CCC(NCC1(O)CCC1)c1cc(Br)ccc1O. The van der Waals surface area contributed by atoms with E-state index in [0.717, 1.165) is 35.7 Å². The van der Waals surface area contributed by atoms with E-state index in [4.69, 9.17) is 0 Å². The van der Waals surface area contributed by atoms with E-state index in [9.17, 15) is 10.2 Å². The molecule has 1 atom stereocenters. The molecule has 1 aliphatic rings. The molecule has 1 aliphatic carbocycles. The minimum absolute atomic E-state index is 0.0760. The summed E-state index contributed by atoms with van der Waals surface area (Å²) in [5.41, 5.74) is 0.351. The summed E-state index contributed by atoms with van der Waals surface area (Å²) in [6, 6.07) is 5.53. The van der Waals surface area contributed by atoms with Crippen molar-refractivity contribution in [1.29, 1.82) is 0 Å². The zero-order valence-corrected chi connectivity index (χ0v) is 12.2. The largest absolute Gasteiger partial charge is 0.508 e. The number of nitrogens with one attached hydrogen (secondary N) is 1. The Morgan fingerprint density at radius 2 is 2.17 bits per heavy atom. The van der Waals surface area contributed by atoms with Gasteiger partial charge in [-0.25, -0.2) is 0 Å². The third-order valence-corrected chi connectivity index (χ3v) is 4.23. The van der Waals surface area contributed by atoms with Crippen molar-refractivity contribution < 1.29 is 10.2 Å². The quantitative estimate of drug-likeness (QED) is 0.783. The van der Waals surface area contributed by atoms with E-state index in [1.165, 1.54) is 0 Å². The van der Waals surface area contributed by atoms with Crippen LogP contribution in [0.3, 0.4) is 0 Å². The second-order valence-corrected chi connectivity index (χ2v) is 6.04. The van der Waals surface area contributed by atoms with E-state index in [-0.39, 0.29) is 6.04 Å². The monoisotopic (exact) mass is 313 g/mol. The molecule has 1 fully saturated rings. The van der Waals surface area contributed by atoms with Crippen LogP contribution in [-0.4, -0.2) is 22.4 Å². The number of aromatic hydroxyl groups is 1. The fraction of sp³-hybridized carbons (Fsp3) is 0.571. The lowest BCUT2D eigenvalue weighted by molar-refractivity contribution is -0.0334. The number of hydrogen-bond acceptors (Lipinski definition) is 3. The predicted molar refractivity (Wildman–Crippen MR) is 75.6 cm³/mol. The highest BCUT2D eigenvalue weighted by Crippen LogP contribution is 2.33. The van der Waals surface area contributed by atoms with Gasteiger partial charge in [-0.05, 0) is 43.9 Å². The molecule has 18 heavy (non-hydrogen) atoms. The minimum atomic E-state index is -0.533. The summed E-state index contributed by atoms with van der Waals surface area (Å²) >= 11 is 3.42. The Balaban J connectivity index is 2.05. The van der Waals surface area contributed by atoms with Crippen LogP contribution in [-0.2, 0) is 0 Å². The molecule has 3 nitrogen and oxygen atoms in total. The first-order chi connectivity index (χ1) is 8.54. The molecule has 0 bridgehead atoms. The van der Waals surface area contributed by atoms with Crippen molar-refractivity contribution in [2.45, 2.75) is 44.2 Å². The molecule has 3 N–H and O–H groups in total. The number of benzene rings is 1. The van der Waals surface area contributed by atoms with Gasteiger partial charge in [0.2, 0.25) is 0 Å². The number of aliphatic hydroxyl groups is 1. The van der Waals surface area contributed by atoms with Crippen molar-refractivity contribution in [3.63, 3.8) is 0 Å². The van der Waals surface area contributed by atoms with Crippen molar-refractivity contribution in [1.82, 2.24) is 5.32 Å². The fourth-order valence-electron chi connectivity index (χ4n) is 2.35. The first-order valence-electron chi connectivity index (χ1n) is 6.48. The molecule has 0 radical (unpaired) electrons. The van der Waals surface area contributed by atoms with Gasteiger partial charge in [-0.1, -0.05) is 22.9 Å².